The van der Waals surface area contributed by atoms with E-state index >= 15 is 0 Å². The van der Waals surface area contributed by atoms with E-state index in [1.807, 2.05) is 54.9 Å². The Bertz CT molecular complexity index is 979. The number of nitrogens with zero attached hydrogens (tertiary/aromatic N) is 3. The molecule has 0 aliphatic rings. The molecular formula is C19H15N3O. The van der Waals surface area contributed by atoms with Crippen molar-refractivity contribution in [2.45, 2.75) is 6.54 Å². The summed E-state index contributed by atoms with van der Waals surface area (Å²) >= 11 is 0. The van der Waals surface area contributed by atoms with Crippen molar-refractivity contribution in [1.82, 2.24) is 9.72 Å². The van der Waals surface area contributed by atoms with Gasteiger partial charge in [-0.2, -0.15) is 0 Å². The van der Waals surface area contributed by atoms with Crippen LogP contribution < -0.4 is 5.36 Å². The van der Waals surface area contributed by atoms with E-state index in [1.54, 1.807) is 0 Å². The Morgan fingerprint density at radius 1 is 0.870 bits per heavy atom. The lowest BCUT2D eigenvalue weighted by Gasteiger charge is -2.05. The number of aromatic nitrogens is 2. The van der Waals surface area contributed by atoms with Gasteiger partial charge in [0.2, 0.25) is 5.82 Å². The maximum absolute atomic E-state index is 5.28. The summed E-state index contributed by atoms with van der Waals surface area (Å²) in [5, 5.41) is 5.81. The molecular weight excluding hydrogens is 286 g/mol. The molecule has 112 valence electrons. The van der Waals surface area contributed by atoms with Gasteiger partial charge in [-0.15, -0.1) is 0 Å². The Morgan fingerprint density at radius 3 is 2.43 bits per heavy atom. The molecule has 4 aromatic rings. The van der Waals surface area contributed by atoms with Crippen molar-refractivity contribution < 1.29 is 4.52 Å². The van der Waals surface area contributed by atoms with Crippen molar-refractivity contribution in [1.29, 1.82) is 0 Å². The van der Waals surface area contributed by atoms with E-state index in [0.717, 1.165) is 22.9 Å². The van der Waals surface area contributed by atoms with Crippen molar-refractivity contribution in [3.8, 4) is 0 Å². The van der Waals surface area contributed by atoms with Crippen LogP contribution in [0.4, 0.5) is 5.82 Å². The van der Waals surface area contributed by atoms with Gasteiger partial charge in [-0.1, -0.05) is 47.6 Å². The molecule has 0 N–H and O–H groups in total. The number of para-hydroxylation sites is 1. The summed E-state index contributed by atoms with van der Waals surface area (Å²) in [6.07, 6.45) is 4.04. The third kappa shape index (κ3) is 2.92. The number of pyridine rings is 1. The van der Waals surface area contributed by atoms with E-state index in [9.17, 15) is 0 Å². The lowest BCUT2D eigenvalue weighted by Crippen LogP contribution is -2.06. The second-order valence-electron chi connectivity index (χ2n) is 5.33. The average Bonchev–Trinajstić information content (AvgIpc) is 3.01. The lowest BCUT2D eigenvalue weighted by molar-refractivity contribution is 0.458. The molecule has 2 heterocycles. The van der Waals surface area contributed by atoms with Gasteiger partial charge in [-0.3, -0.25) is 0 Å². The number of rotatable bonds is 3. The quantitative estimate of drug-likeness (QED) is 0.576. The van der Waals surface area contributed by atoms with Gasteiger partial charge in [0, 0.05) is 18.9 Å². The molecule has 0 bridgehead atoms. The molecule has 0 saturated heterocycles. The number of hydrogen-bond acceptors (Lipinski definition) is 3. The zero-order valence-electron chi connectivity index (χ0n) is 12.5. The van der Waals surface area contributed by atoms with Crippen molar-refractivity contribution in [2.24, 2.45) is 4.99 Å². The van der Waals surface area contributed by atoms with Crippen LogP contribution >= 0.6 is 0 Å². The highest BCUT2D eigenvalue weighted by Gasteiger charge is 2.04. The van der Waals surface area contributed by atoms with E-state index in [1.165, 1.54) is 5.56 Å². The maximum Gasteiger partial charge on any atom is 0.203 e. The predicted molar refractivity (Wildman–Crippen MR) is 89.2 cm³/mol. The van der Waals surface area contributed by atoms with Gasteiger partial charge in [0.15, 0.2) is 5.58 Å². The summed E-state index contributed by atoms with van der Waals surface area (Å²) in [7, 11) is 0. The zero-order valence-corrected chi connectivity index (χ0v) is 12.5. The molecule has 0 aliphatic heterocycles. The summed E-state index contributed by atoms with van der Waals surface area (Å²) in [6, 6.07) is 22.0. The van der Waals surface area contributed by atoms with Crippen LogP contribution in [0.3, 0.4) is 0 Å². The fraction of sp³-hybridized carbons (Fsp3) is 0.0526. The third-order valence-corrected chi connectivity index (χ3v) is 3.67. The second-order valence-corrected chi connectivity index (χ2v) is 5.33. The molecule has 0 fully saturated rings. The molecule has 0 radical (unpaired) electrons. The van der Waals surface area contributed by atoms with Gasteiger partial charge in [-0.05, 0) is 29.8 Å². The minimum atomic E-state index is 0.612. The standard InChI is InChI=1S/C19H15N3O/c1-2-6-15(7-3-1)14-22-12-10-16(11-13-22)20-19-17-8-4-5-9-18(17)23-21-19/h1-13H,14H2. The van der Waals surface area contributed by atoms with Gasteiger partial charge >= 0.3 is 0 Å². The number of hydrogen-bond donors (Lipinski definition) is 0. The molecule has 4 nitrogen and oxygen atoms in total. The minimum Gasteiger partial charge on any atom is -0.354 e. The molecule has 2 aromatic heterocycles. The fourth-order valence-corrected chi connectivity index (χ4v) is 2.50. The van der Waals surface area contributed by atoms with Crippen molar-refractivity contribution in [3.05, 3.63) is 90.0 Å². The van der Waals surface area contributed by atoms with Crippen LogP contribution in [0.5, 0.6) is 0 Å². The van der Waals surface area contributed by atoms with Crippen LogP contribution in [-0.2, 0) is 6.54 Å². The fourth-order valence-electron chi connectivity index (χ4n) is 2.50. The van der Waals surface area contributed by atoms with E-state index < -0.39 is 0 Å². The molecule has 0 spiro atoms. The molecule has 0 saturated carbocycles. The highest BCUT2D eigenvalue weighted by Crippen LogP contribution is 2.23. The van der Waals surface area contributed by atoms with Gasteiger partial charge in [-0.25, -0.2) is 4.99 Å². The summed E-state index contributed by atoms with van der Waals surface area (Å²) in [5.74, 6) is 0.612. The van der Waals surface area contributed by atoms with Crippen LogP contribution in [0, 0.1) is 0 Å². The zero-order chi connectivity index (χ0) is 15.5. The molecule has 4 rings (SSSR count). The third-order valence-electron chi connectivity index (χ3n) is 3.67. The van der Waals surface area contributed by atoms with E-state index in [4.69, 9.17) is 4.52 Å². The normalized spacial score (nSPS) is 10.8. The first kappa shape index (κ1) is 13.5. The average molecular weight is 301 g/mol. The molecule has 4 heteroatoms. The van der Waals surface area contributed by atoms with Crippen LogP contribution in [0.15, 0.2) is 88.6 Å². The highest BCUT2D eigenvalue weighted by molar-refractivity contribution is 5.86. The largest absolute Gasteiger partial charge is 0.354 e. The van der Waals surface area contributed by atoms with E-state index in [2.05, 4.69) is 39.0 Å². The van der Waals surface area contributed by atoms with Crippen LogP contribution in [0.1, 0.15) is 5.56 Å². The smallest absolute Gasteiger partial charge is 0.203 e. The first-order valence-electron chi connectivity index (χ1n) is 7.48. The molecule has 0 unspecified atom stereocenters. The van der Waals surface area contributed by atoms with Crippen molar-refractivity contribution in [2.75, 3.05) is 0 Å². The SMILES string of the molecule is c1ccc(Cn2ccc(=Nc3noc4ccccc34)cc2)cc1. The second kappa shape index (κ2) is 5.93. The van der Waals surface area contributed by atoms with Crippen molar-refractivity contribution >= 4 is 16.8 Å². The van der Waals surface area contributed by atoms with Gasteiger partial charge < -0.3 is 9.09 Å². The predicted octanol–water partition coefficient (Wildman–Crippen LogP) is 3.91. The van der Waals surface area contributed by atoms with Crippen LogP contribution in [-0.4, -0.2) is 9.72 Å². The molecule has 0 amide bonds. The van der Waals surface area contributed by atoms with Crippen molar-refractivity contribution in [3.63, 3.8) is 0 Å². The number of fused-ring (bicyclic) bond motifs is 1. The summed E-state index contributed by atoms with van der Waals surface area (Å²) in [5.41, 5.74) is 2.02. The summed E-state index contributed by atoms with van der Waals surface area (Å²) in [4.78, 5) is 4.56. The highest BCUT2D eigenvalue weighted by atomic mass is 16.5. The van der Waals surface area contributed by atoms with Crippen LogP contribution in [0.2, 0.25) is 0 Å². The Hall–Kier alpha value is -3.14. The molecule has 0 aliphatic carbocycles. The lowest BCUT2D eigenvalue weighted by atomic mass is 10.2. The Labute approximate surface area is 133 Å². The molecule has 23 heavy (non-hydrogen) atoms. The first-order valence-corrected chi connectivity index (χ1v) is 7.48. The first-order chi connectivity index (χ1) is 11.4. The van der Waals surface area contributed by atoms with E-state index in [0.29, 0.717) is 5.82 Å². The van der Waals surface area contributed by atoms with E-state index in [-0.39, 0.29) is 0 Å². The summed E-state index contributed by atoms with van der Waals surface area (Å²) < 4.78 is 7.40. The molecule has 0 atom stereocenters. The van der Waals surface area contributed by atoms with Gasteiger partial charge in [0.05, 0.1) is 10.7 Å². The summed E-state index contributed by atoms with van der Waals surface area (Å²) in [6.45, 7) is 0.841. The minimum absolute atomic E-state index is 0.612. The monoisotopic (exact) mass is 301 g/mol. The Kier molecular flexibility index (Phi) is 3.48. The molecule has 2 aromatic carbocycles. The maximum atomic E-state index is 5.28. The topological polar surface area (TPSA) is 43.3 Å². The van der Waals surface area contributed by atoms with Crippen LogP contribution in [0.25, 0.3) is 11.0 Å². The number of benzene rings is 2. The van der Waals surface area contributed by atoms with Gasteiger partial charge in [0.25, 0.3) is 0 Å². The Balaban J connectivity index is 1.63. The Morgan fingerprint density at radius 2 is 1.61 bits per heavy atom. The van der Waals surface area contributed by atoms with Gasteiger partial charge in [0.1, 0.15) is 0 Å².